The van der Waals surface area contributed by atoms with Crippen molar-refractivity contribution < 1.29 is 9.84 Å². The van der Waals surface area contributed by atoms with Crippen LogP contribution in [0.3, 0.4) is 0 Å². The van der Waals surface area contributed by atoms with Gasteiger partial charge in [-0.2, -0.15) is 0 Å². The molecule has 18 heavy (non-hydrogen) atoms. The Morgan fingerprint density at radius 1 is 1.44 bits per heavy atom. The second kappa shape index (κ2) is 4.96. The standard InChI is InChI=1S/C14H15NO3/c1-3-9-18-13-12(16)10-7-5-6-8-11(10)15(4-2)14(13)17/h3,5-8,16H,1,4,9H2,2H3. The summed E-state index contributed by atoms with van der Waals surface area (Å²) in [6, 6.07) is 7.20. The topological polar surface area (TPSA) is 51.5 Å². The zero-order chi connectivity index (χ0) is 13.1. The number of benzene rings is 1. The third-order valence-corrected chi connectivity index (χ3v) is 2.77. The Morgan fingerprint density at radius 2 is 2.17 bits per heavy atom. The van der Waals surface area contributed by atoms with Crippen molar-refractivity contribution in [3.8, 4) is 11.5 Å². The molecule has 0 fully saturated rings. The van der Waals surface area contributed by atoms with Gasteiger partial charge in [0.1, 0.15) is 6.61 Å². The summed E-state index contributed by atoms with van der Waals surface area (Å²) in [5.41, 5.74) is 0.379. The number of para-hydroxylation sites is 1. The smallest absolute Gasteiger partial charge is 0.297 e. The fourth-order valence-corrected chi connectivity index (χ4v) is 1.95. The Morgan fingerprint density at radius 3 is 2.83 bits per heavy atom. The van der Waals surface area contributed by atoms with E-state index < -0.39 is 0 Å². The van der Waals surface area contributed by atoms with Gasteiger partial charge in [0.25, 0.3) is 5.56 Å². The Hall–Kier alpha value is -2.23. The van der Waals surface area contributed by atoms with Crippen molar-refractivity contribution in [2.75, 3.05) is 6.61 Å². The van der Waals surface area contributed by atoms with Crippen molar-refractivity contribution in [1.82, 2.24) is 4.57 Å². The van der Waals surface area contributed by atoms with E-state index in [0.717, 1.165) is 0 Å². The Balaban J connectivity index is 2.79. The molecule has 0 unspecified atom stereocenters. The minimum Gasteiger partial charge on any atom is -0.504 e. The lowest BCUT2D eigenvalue weighted by atomic mass is 10.2. The van der Waals surface area contributed by atoms with Crippen molar-refractivity contribution >= 4 is 10.9 Å². The molecule has 0 spiro atoms. The van der Waals surface area contributed by atoms with E-state index >= 15 is 0 Å². The second-order valence-corrected chi connectivity index (χ2v) is 3.84. The number of nitrogens with zero attached hydrogens (tertiary/aromatic N) is 1. The van der Waals surface area contributed by atoms with Gasteiger partial charge >= 0.3 is 0 Å². The summed E-state index contributed by atoms with van der Waals surface area (Å²) in [5, 5.41) is 10.7. The summed E-state index contributed by atoms with van der Waals surface area (Å²) in [6.07, 6.45) is 1.53. The van der Waals surface area contributed by atoms with Crippen molar-refractivity contribution in [3.63, 3.8) is 0 Å². The lowest BCUT2D eigenvalue weighted by Gasteiger charge is -2.13. The molecule has 4 heteroatoms. The summed E-state index contributed by atoms with van der Waals surface area (Å²) < 4.78 is 6.84. The van der Waals surface area contributed by atoms with Crippen molar-refractivity contribution in [2.24, 2.45) is 0 Å². The molecule has 0 amide bonds. The number of hydrogen-bond acceptors (Lipinski definition) is 3. The number of aromatic nitrogens is 1. The maximum atomic E-state index is 12.2. The van der Waals surface area contributed by atoms with Gasteiger partial charge in [0, 0.05) is 11.9 Å². The average molecular weight is 245 g/mol. The van der Waals surface area contributed by atoms with Crippen LogP contribution in [0.2, 0.25) is 0 Å². The van der Waals surface area contributed by atoms with Crippen LogP contribution in [0.4, 0.5) is 0 Å². The highest BCUT2D eigenvalue weighted by Crippen LogP contribution is 2.31. The predicted molar refractivity (Wildman–Crippen MR) is 71.2 cm³/mol. The molecule has 1 aromatic heterocycles. The number of fused-ring (bicyclic) bond motifs is 1. The third-order valence-electron chi connectivity index (χ3n) is 2.77. The van der Waals surface area contributed by atoms with Gasteiger partial charge in [-0.05, 0) is 19.1 Å². The summed E-state index contributed by atoms with van der Waals surface area (Å²) in [6.45, 7) is 6.10. The van der Waals surface area contributed by atoms with E-state index in [1.807, 2.05) is 19.1 Å². The molecule has 4 nitrogen and oxygen atoms in total. The quantitative estimate of drug-likeness (QED) is 0.841. The van der Waals surface area contributed by atoms with E-state index in [1.54, 1.807) is 16.7 Å². The van der Waals surface area contributed by atoms with Crippen molar-refractivity contribution in [1.29, 1.82) is 0 Å². The monoisotopic (exact) mass is 245 g/mol. The molecular weight excluding hydrogens is 230 g/mol. The molecule has 2 rings (SSSR count). The van der Waals surface area contributed by atoms with Gasteiger partial charge in [-0.1, -0.05) is 24.8 Å². The molecule has 0 aliphatic rings. The highest BCUT2D eigenvalue weighted by atomic mass is 16.5. The van der Waals surface area contributed by atoms with Gasteiger partial charge in [0.05, 0.1) is 5.52 Å². The summed E-state index contributed by atoms with van der Waals surface area (Å²) in [4.78, 5) is 12.2. The SMILES string of the molecule is C=CCOc1c(O)c2ccccc2n(CC)c1=O. The van der Waals surface area contributed by atoms with Gasteiger partial charge in [0.2, 0.25) is 5.75 Å². The third kappa shape index (κ3) is 1.86. The van der Waals surface area contributed by atoms with Crippen LogP contribution in [0.25, 0.3) is 10.9 Å². The van der Waals surface area contributed by atoms with Crippen molar-refractivity contribution in [3.05, 3.63) is 47.3 Å². The number of pyridine rings is 1. The van der Waals surface area contributed by atoms with Crippen LogP contribution in [0.15, 0.2) is 41.7 Å². The minimum absolute atomic E-state index is 0.0181. The number of aryl methyl sites for hydroxylation is 1. The number of hydrogen-bond donors (Lipinski definition) is 1. The zero-order valence-corrected chi connectivity index (χ0v) is 10.2. The lowest BCUT2D eigenvalue weighted by Crippen LogP contribution is -2.22. The molecule has 94 valence electrons. The maximum Gasteiger partial charge on any atom is 0.297 e. The van der Waals surface area contributed by atoms with Crippen molar-refractivity contribution in [2.45, 2.75) is 13.5 Å². The predicted octanol–water partition coefficient (Wildman–Crippen LogP) is 2.29. The molecule has 0 saturated heterocycles. The molecular formula is C14H15NO3. The first-order valence-electron chi connectivity index (χ1n) is 5.78. The maximum absolute atomic E-state index is 12.2. The minimum atomic E-state index is -0.324. The highest BCUT2D eigenvalue weighted by molar-refractivity contribution is 5.87. The summed E-state index contributed by atoms with van der Waals surface area (Å²) >= 11 is 0. The lowest BCUT2D eigenvalue weighted by molar-refractivity contribution is 0.330. The van der Waals surface area contributed by atoms with E-state index in [4.69, 9.17) is 4.74 Å². The summed E-state index contributed by atoms with van der Waals surface area (Å²) in [7, 11) is 0. The average Bonchev–Trinajstić information content (AvgIpc) is 2.39. The second-order valence-electron chi connectivity index (χ2n) is 3.84. The molecule has 0 aliphatic carbocycles. The van der Waals surface area contributed by atoms with Crippen LogP contribution in [-0.4, -0.2) is 16.3 Å². The number of rotatable bonds is 4. The first-order valence-corrected chi connectivity index (χ1v) is 5.78. The van der Waals surface area contributed by atoms with Gasteiger partial charge in [-0.15, -0.1) is 0 Å². The van der Waals surface area contributed by atoms with E-state index in [1.165, 1.54) is 6.08 Å². The fraction of sp³-hybridized carbons (Fsp3) is 0.214. The van der Waals surface area contributed by atoms with Gasteiger partial charge < -0.3 is 14.4 Å². The van der Waals surface area contributed by atoms with Crippen LogP contribution in [0.5, 0.6) is 11.5 Å². The normalized spacial score (nSPS) is 10.5. The van der Waals surface area contributed by atoms with Crippen LogP contribution < -0.4 is 10.3 Å². The molecule has 0 bridgehead atoms. The fourth-order valence-electron chi connectivity index (χ4n) is 1.95. The molecule has 1 aromatic carbocycles. The highest BCUT2D eigenvalue weighted by Gasteiger charge is 2.15. The largest absolute Gasteiger partial charge is 0.504 e. The van der Waals surface area contributed by atoms with E-state index in [9.17, 15) is 9.90 Å². The number of ether oxygens (including phenoxy) is 1. The molecule has 0 saturated carbocycles. The zero-order valence-electron chi connectivity index (χ0n) is 10.2. The van der Waals surface area contributed by atoms with Gasteiger partial charge in [-0.25, -0.2) is 0 Å². The molecule has 2 aromatic rings. The van der Waals surface area contributed by atoms with E-state index in [-0.39, 0.29) is 23.7 Å². The first-order chi connectivity index (χ1) is 8.70. The van der Waals surface area contributed by atoms with Crippen LogP contribution in [0.1, 0.15) is 6.92 Å². The Bertz CT molecular complexity index is 643. The molecule has 1 N–H and O–H groups in total. The van der Waals surface area contributed by atoms with Crippen LogP contribution in [0, 0.1) is 0 Å². The summed E-state index contributed by atoms with van der Waals surface area (Å²) in [5.74, 6) is -0.127. The van der Waals surface area contributed by atoms with E-state index in [2.05, 4.69) is 6.58 Å². The van der Waals surface area contributed by atoms with Gasteiger partial charge in [0.15, 0.2) is 5.75 Å². The first kappa shape index (κ1) is 12.2. The van der Waals surface area contributed by atoms with Crippen LogP contribution >= 0.6 is 0 Å². The molecule has 0 atom stereocenters. The van der Waals surface area contributed by atoms with Crippen LogP contribution in [-0.2, 0) is 6.54 Å². The number of aromatic hydroxyl groups is 1. The molecule has 0 aliphatic heterocycles. The van der Waals surface area contributed by atoms with Gasteiger partial charge in [-0.3, -0.25) is 4.79 Å². The molecule has 0 radical (unpaired) electrons. The van der Waals surface area contributed by atoms with E-state index in [0.29, 0.717) is 17.4 Å². The molecule has 1 heterocycles. The Kier molecular flexibility index (Phi) is 3.37. The Labute approximate surface area is 105 Å².